The smallest absolute Gasteiger partial charge is 0.408 e. The topological polar surface area (TPSA) is 194 Å². The van der Waals surface area contributed by atoms with Crippen molar-refractivity contribution >= 4 is 46.4 Å². The largest absolute Gasteiger partial charge is 0.453 e. The molecule has 3 saturated heterocycles. The summed E-state index contributed by atoms with van der Waals surface area (Å²) in [7, 11) is -5.34. The summed E-state index contributed by atoms with van der Waals surface area (Å²) in [5.74, 6) is -5.95. The highest BCUT2D eigenvalue weighted by molar-refractivity contribution is 6.77. The lowest BCUT2D eigenvalue weighted by Crippen LogP contribution is -2.80. The lowest BCUT2D eigenvalue weighted by atomic mass is 9.49. The minimum atomic E-state index is -2.82. The van der Waals surface area contributed by atoms with Gasteiger partial charge in [-0.1, -0.05) is 112 Å². The highest BCUT2D eigenvalue weighted by Gasteiger charge is 2.81. The predicted molar refractivity (Wildman–Crippen MR) is 281 cm³/mol. The van der Waals surface area contributed by atoms with Crippen molar-refractivity contribution in [1.29, 1.82) is 0 Å². The molecule has 5 rings (SSSR count). The van der Waals surface area contributed by atoms with E-state index in [-0.39, 0.29) is 41.8 Å². The quantitative estimate of drug-likeness (QED) is 0.0513. The van der Waals surface area contributed by atoms with Crippen LogP contribution in [0.1, 0.15) is 148 Å². The van der Waals surface area contributed by atoms with Gasteiger partial charge in [0.2, 0.25) is 14.1 Å². The lowest BCUT2D eigenvalue weighted by Gasteiger charge is -2.65. The Hall–Kier alpha value is -3.72. The van der Waals surface area contributed by atoms with E-state index in [1.54, 1.807) is 84.9 Å². The molecule has 10 atom stereocenters. The van der Waals surface area contributed by atoms with E-state index >= 15 is 9.59 Å². The molecule has 0 spiro atoms. The first-order chi connectivity index (χ1) is 33.3. The number of Topliss-reactive ketones (excluding diaryl/α,β-unsaturated/α-hetero) is 1. The third kappa shape index (κ3) is 10.7. The van der Waals surface area contributed by atoms with E-state index in [0.29, 0.717) is 11.1 Å². The number of ether oxygens (including phenoxy) is 5. The summed E-state index contributed by atoms with van der Waals surface area (Å²) >= 11 is 0. The zero-order chi connectivity index (χ0) is 54.3. The van der Waals surface area contributed by atoms with Crippen LogP contribution in [0.5, 0.6) is 0 Å². The van der Waals surface area contributed by atoms with Crippen LogP contribution in [-0.2, 0) is 46.9 Å². The van der Waals surface area contributed by atoms with Gasteiger partial charge in [0.15, 0.2) is 25.8 Å². The Morgan fingerprint density at radius 3 is 1.94 bits per heavy atom. The van der Waals surface area contributed by atoms with Crippen molar-refractivity contribution in [2.75, 3.05) is 13.2 Å². The number of hydrogen-bond acceptors (Lipinski definition) is 13. The van der Waals surface area contributed by atoms with Gasteiger partial charge in [0.05, 0.1) is 35.6 Å². The molecule has 3 heterocycles. The summed E-state index contributed by atoms with van der Waals surface area (Å²) in [4.78, 5) is 72.6. The van der Waals surface area contributed by atoms with Crippen LogP contribution in [0.25, 0.3) is 0 Å². The van der Waals surface area contributed by atoms with Crippen molar-refractivity contribution in [3.05, 3.63) is 58.7 Å². The zero-order valence-corrected chi connectivity index (χ0v) is 48.8. The van der Waals surface area contributed by atoms with E-state index in [9.17, 15) is 19.5 Å². The van der Waals surface area contributed by atoms with Crippen LogP contribution in [0.2, 0.25) is 34.8 Å². The third-order valence-corrected chi connectivity index (χ3v) is 27.3. The van der Waals surface area contributed by atoms with Gasteiger partial charge in [0.1, 0.15) is 23.9 Å². The third-order valence-electron chi connectivity index (χ3n) is 16.6. The van der Waals surface area contributed by atoms with E-state index < -0.39 is 117 Å². The number of ketones is 1. The molecule has 3 aliphatic heterocycles. The number of nitrogens with one attached hydrogen (secondary N) is 2. The second-order valence-electron chi connectivity index (χ2n) is 23.8. The van der Waals surface area contributed by atoms with E-state index in [0.717, 1.165) is 23.7 Å². The Bertz CT molecular complexity index is 2200. The molecule has 0 aromatic heterocycles. The number of amides is 2. The van der Waals surface area contributed by atoms with Crippen LogP contribution >= 0.6 is 0 Å². The molecule has 404 valence electrons. The normalized spacial score (nSPS) is 29.5. The molecule has 1 aromatic rings. The minimum Gasteiger partial charge on any atom is -0.453 e. The van der Waals surface area contributed by atoms with Crippen molar-refractivity contribution in [2.24, 2.45) is 16.7 Å². The summed E-state index contributed by atoms with van der Waals surface area (Å²) in [6.45, 7) is 36.2. The molecule has 72 heavy (non-hydrogen) atoms. The van der Waals surface area contributed by atoms with Gasteiger partial charge in [-0.05, 0) is 101 Å². The summed E-state index contributed by atoms with van der Waals surface area (Å²) in [5.41, 5.74) is -3.21. The SMILES string of the molecule is CC[Si](CC)(CC)O[C@H]1C[C@H]2OC[C@@]2(OC(C)=O)C2[C@H](OC(=O)c3ccccc3)[C@@]3(O)O[C@@H](C(=O)[C@@]21C)/C(=C(\C)CNC(=O)[C@H](O[Si](C(C)C)(C(C)C)C(C)C)[C@H](C=C(C)C)NC(=O)OC(C)(C)C)C3(C)C. The molecular weight excluding hydrogens is 953 g/mol. The molecule has 2 bridgehead atoms. The van der Waals surface area contributed by atoms with Gasteiger partial charge in [-0.2, -0.15) is 0 Å². The number of alkyl carbamates (subject to hydrolysis) is 1. The first kappa shape index (κ1) is 59.2. The molecule has 1 aromatic carbocycles. The van der Waals surface area contributed by atoms with Gasteiger partial charge in [0, 0.05) is 25.3 Å². The summed E-state index contributed by atoms with van der Waals surface area (Å²) in [5, 5.41) is 19.7. The Morgan fingerprint density at radius 1 is 0.903 bits per heavy atom. The van der Waals surface area contributed by atoms with Crippen LogP contribution in [0.4, 0.5) is 4.79 Å². The van der Waals surface area contributed by atoms with Crippen molar-refractivity contribution in [2.45, 2.75) is 226 Å². The second-order valence-corrected chi connectivity index (χ2v) is 33.9. The number of benzene rings is 1. The fraction of sp³-hybridized carbons (Fsp3) is 0.727. The highest BCUT2D eigenvalue weighted by atomic mass is 28.4. The monoisotopic (exact) mass is 1040 g/mol. The van der Waals surface area contributed by atoms with Crippen LogP contribution in [0, 0.1) is 16.7 Å². The van der Waals surface area contributed by atoms with E-state index in [2.05, 4.69) is 72.9 Å². The number of aliphatic hydroxyl groups is 1. The molecule has 1 saturated carbocycles. The van der Waals surface area contributed by atoms with Gasteiger partial charge < -0.3 is 48.3 Å². The molecule has 3 N–H and O–H groups in total. The van der Waals surface area contributed by atoms with E-state index in [1.165, 1.54) is 6.92 Å². The fourth-order valence-electron chi connectivity index (χ4n) is 12.9. The Labute approximate surface area is 431 Å². The van der Waals surface area contributed by atoms with Crippen LogP contribution < -0.4 is 10.6 Å². The minimum absolute atomic E-state index is 0.0836. The maximum atomic E-state index is 16.2. The highest BCUT2D eigenvalue weighted by Crippen LogP contribution is 2.66. The average Bonchev–Trinajstić information content (AvgIpc) is 3.46. The number of fused-ring (bicyclic) bond motifs is 5. The molecule has 15 nitrogen and oxygen atoms in total. The van der Waals surface area contributed by atoms with Crippen molar-refractivity contribution in [3.63, 3.8) is 0 Å². The molecular formula is C55H88N2O13Si2. The lowest BCUT2D eigenvalue weighted by molar-refractivity contribution is -0.355. The van der Waals surface area contributed by atoms with Crippen molar-refractivity contribution in [1.82, 2.24) is 10.6 Å². The maximum Gasteiger partial charge on any atom is 0.408 e. The molecule has 17 heteroatoms. The van der Waals surface area contributed by atoms with E-state index in [4.69, 9.17) is 32.5 Å². The second kappa shape index (κ2) is 21.9. The number of hydrogen-bond donors (Lipinski definition) is 3. The number of carbonyl (C=O) groups is 5. The summed E-state index contributed by atoms with van der Waals surface area (Å²) in [6.07, 6.45) is -4.53. The Balaban J connectivity index is 1.71. The number of allylic oxidation sites excluding steroid dienone is 1. The Kier molecular flexibility index (Phi) is 18.0. The molecule has 2 amide bonds. The molecule has 4 aliphatic rings. The van der Waals surface area contributed by atoms with Crippen LogP contribution in [0.3, 0.4) is 0 Å². The maximum absolute atomic E-state index is 16.2. The number of rotatable bonds is 19. The number of carbonyl (C=O) groups excluding carboxylic acids is 5. The molecule has 4 fully saturated rings. The first-order valence-corrected chi connectivity index (χ1v) is 31.0. The van der Waals surface area contributed by atoms with Crippen LogP contribution in [0.15, 0.2) is 53.1 Å². The summed E-state index contributed by atoms with van der Waals surface area (Å²) in [6, 6.07) is 9.71. The standard InChI is InChI=1S/C55H88N2O13Si2/c1-20-71(21-2,22-3)69-40-29-41-54(31-64-41,66-37(13)58)45-47(65-49(61)38-26-24-23-25-27-38)55(63)52(17,18)42(44(67-55)46(59)53(40,45)19)36(12)30-56-48(60)43(70-72(33(6)7,34(8)9)35(10)11)39(28-32(4)5)57-50(62)68-51(14,15)16/h23-28,33-35,39-41,43-45,47,63H,20-22,29-31H2,1-19H3,(H,56,60)(H,57,62)/b42-36-/t39-,40-,41+,43+,44+,45?,47-,53+,54-,55+/m0/s1. The fourth-order valence-corrected chi connectivity index (χ4v) is 21.3. The first-order valence-electron chi connectivity index (χ1n) is 26.3. The average molecular weight is 1040 g/mol. The molecule has 1 unspecified atom stereocenters. The van der Waals surface area contributed by atoms with Gasteiger partial charge in [-0.15, -0.1) is 0 Å². The summed E-state index contributed by atoms with van der Waals surface area (Å²) < 4.78 is 46.3. The van der Waals surface area contributed by atoms with Gasteiger partial charge in [-0.25, -0.2) is 9.59 Å². The van der Waals surface area contributed by atoms with Gasteiger partial charge >= 0.3 is 18.0 Å². The molecule has 0 radical (unpaired) electrons. The van der Waals surface area contributed by atoms with Gasteiger partial charge in [-0.3, -0.25) is 14.4 Å². The van der Waals surface area contributed by atoms with Crippen molar-refractivity contribution < 1.29 is 61.6 Å². The molecule has 1 aliphatic carbocycles. The van der Waals surface area contributed by atoms with Crippen molar-refractivity contribution in [3.8, 4) is 0 Å². The zero-order valence-electron chi connectivity index (χ0n) is 46.8. The van der Waals surface area contributed by atoms with Gasteiger partial charge in [0.25, 0.3) is 5.91 Å². The van der Waals surface area contributed by atoms with Crippen LogP contribution in [-0.4, -0.2) is 118 Å². The van der Waals surface area contributed by atoms with E-state index in [1.807, 2.05) is 13.8 Å². The number of esters is 2. The predicted octanol–water partition coefficient (Wildman–Crippen LogP) is 9.88. The Morgan fingerprint density at radius 2 is 1.47 bits per heavy atom.